The molecule has 0 radical (unpaired) electrons. The number of rotatable bonds is 4. The molecule has 0 saturated carbocycles. The van der Waals surface area contributed by atoms with E-state index in [1.807, 2.05) is 12.1 Å². The van der Waals surface area contributed by atoms with Gasteiger partial charge in [0, 0.05) is 0 Å². The average molecular weight is 292 g/mol. The highest BCUT2D eigenvalue weighted by molar-refractivity contribution is 6.30. The molecule has 0 aliphatic rings. The summed E-state index contributed by atoms with van der Waals surface area (Å²) in [5, 5.41) is 0.108. The molecular weight excluding hydrogens is 273 g/mol. The van der Waals surface area contributed by atoms with E-state index in [2.05, 4.69) is 26.0 Å². The third kappa shape index (κ3) is 3.59. The maximum absolute atomic E-state index is 13.2. The Morgan fingerprint density at radius 1 is 1.10 bits per heavy atom. The van der Waals surface area contributed by atoms with Crippen molar-refractivity contribution >= 4 is 11.6 Å². The van der Waals surface area contributed by atoms with Crippen LogP contribution in [-0.2, 0) is 6.42 Å². The maximum Gasteiger partial charge on any atom is 0.141 e. The standard InChI is InChI=1S/C17H19ClFN/c1-11(2)8-12-4-3-5-13(9-12)17(20)14-6-7-16(19)15(18)10-14/h3-7,9-11,17H,8,20H2,1-2H3. The van der Waals surface area contributed by atoms with Gasteiger partial charge in [0.05, 0.1) is 11.1 Å². The highest BCUT2D eigenvalue weighted by Gasteiger charge is 2.11. The molecule has 3 heteroatoms. The van der Waals surface area contributed by atoms with E-state index in [0.29, 0.717) is 5.92 Å². The molecule has 2 rings (SSSR count). The van der Waals surface area contributed by atoms with Crippen molar-refractivity contribution in [2.45, 2.75) is 26.3 Å². The van der Waals surface area contributed by atoms with Crippen LogP contribution in [-0.4, -0.2) is 0 Å². The van der Waals surface area contributed by atoms with E-state index in [-0.39, 0.29) is 11.1 Å². The highest BCUT2D eigenvalue weighted by Crippen LogP contribution is 2.25. The van der Waals surface area contributed by atoms with Crippen molar-refractivity contribution in [2.24, 2.45) is 11.7 Å². The lowest BCUT2D eigenvalue weighted by Gasteiger charge is -2.15. The van der Waals surface area contributed by atoms with E-state index in [4.69, 9.17) is 17.3 Å². The summed E-state index contributed by atoms with van der Waals surface area (Å²) in [7, 11) is 0. The van der Waals surface area contributed by atoms with Gasteiger partial charge in [0.25, 0.3) is 0 Å². The number of benzene rings is 2. The zero-order chi connectivity index (χ0) is 14.7. The summed E-state index contributed by atoms with van der Waals surface area (Å²) in [5.41, 5.74) is 9.36. The fraction of sp³-hybridized carbons (Fsp3) is 0.294. The molecule has 1 atom stereocenters. The summed E-state index contributed by atoms with van der Waals surface area (Å²) in [4.78, 5) is 0. The first-order chi connectivity index (χ1) is 9.47. The molecule has 2 N–H and O–H groups in total. The minimum atomic E-state index is -0.420. The van der Waals surface area contributed by atoms with Crippen molar-refractivity contribution in [1.82, 2.24) is 0 Å². The molecule has 1 nitrogen and oxygen atoms in total. The third-order valence-corrected chi connectivity index (χ3v) is 3.55. The van der Waals surface area contributed by atoms with Crippen LogP contribution in [0.1, 0.15) is 36.6 Å². The Morgan fingerprint density at radius 3 is 2.45 bits per heavy atom. The van der Waals surface area contributed by atoms with Gasteiger partial charge in [0.2, 0.25) is 0 Å². The second kappa shape index (κ2) is 6.38. The van der Waals surface area contributed by atoms with Gasteiger partial charge in [-0.05, 0) is 41.2 Å². The minimum Gasteiger partial charge on any atom is -0.320 e. The predicted octanol–water partition coefficient (Wildman–Crippen LogP) is 4.73. The Kier molecular flexibility index (Phi) is 4.79. The van der Waals surface area contributed by atoms with E-state index < -0.39 is 5.82 Å². The lowest BCUT2D eigenvalue weighted by Crippen LogP contribution is -2.12. The lowest BCUT2D eigenvalue weighted by molar-refractivity contribution is 0.626. The molecule has 0 heterocycles. The summed E-state index contributed by atoms with van der Waals surface area (Å²) >= 11 is 5.81. The van der Waals surface area contributed by atoms with Gasteiger partial charge in [0.15, 0.2) is 0 Å². The zero-order valence-corrected chi connectivity index (χ0v) is 12.5. The Hall–Kier alpha value is -1.38. The topological polar surface area (TPSA) is 26.0 Å². The summed E-state index contributed by atoms with van der Waals surface area (Å²) in [6.07, 6.45) is 1.02. The molecule has 0 aromatic heterocycles. The van der Waals surface area contributed by atoms with Crippen LogP contribution in [0.2, 0.25) is 5.02 Å². The number of hydrogen-bond donors (Lipinski definition) is 1. The molecular formula is C17H19ClFN. The van der Waals surface area contributed by atoms with Gasteiger partial charge in [-0.15, -0.1) is 0 Å². The Bertz CT molecular complexity index is 595. The molecule has 0 fully saturated rings. The number of halogens is 2. The molecule has 2 aromatic rings. The van der Waals surface area contributed by atoms with Gasteiger partial charge in [-0.1, -0.05) is 55.8 Å². The molecule has 0 amide bonds. The number of nitrogens with two attached hydrogens (primary N) is 1. The summed E-state index contributed by atoms with van der Waals surface area (Å²) < 4.78 is 13.2. The minimum absolute atomic E-state index is 0.108. The SMILES string of the molecule is CC(C)Cc1cccc(C(N)c2ccc(F)c(Cl)c2)c1. The van der Waals surface area contributed by atoms with Crippen LogP contribution in [0.15, 0.2) is 42.5 Å². The fourth-order valence-corrected chi connectivity index (χ4v) is 2.47. The predicted molar refractivity (Wildman–Crippen MR) is 82.4 cm³/mol. The van der Waals surface area contributed by atoms with Gasteiger partial charge in [-0.3, -0.25) is 0 Å². The van der Waals surface area contributed by atoms with Crippen LogP contribution in [0.4, 0.5) is 4.39 Å². The summed E-state index contributed by atoms with van der Waals surface area (Å²) in [6, 6.07) is 12.6. The van der Waals surface area contributed by atoms with Gasteiger partial charge in [0.1, 0.15) is 5.82 Å². The molecule has 20 heavy (non-hydrogen) atoms. The third-order valence-electron chi connectivity index (χ3n) is 3.26. The second-order valence-electron chi connectivity index (χ2n) is 5.49. The first-order valence-corrected chi connectivity index (χ1v) is 7.14. The van der Waals surface area contributed by atoms with E-state index in [0.717, 1.165) is 17.5 Å². The molecule has 106 valence electrons. The van der Waals surface area contributed by atoms with Crippen LogP contribution < -0.4 is 5.73 Å². The van der Waals surface area contributed by atoms with Crippen LogP contribution in [0.25, 0.3) is 0 Å². The van der Waals surface area contributed by atoms with E-state index in [1.54, 1.807) is 12.1 Å². The van der Waals surface area contributed by atoms with Gasteiger partial charge in [-0.2, -0.15) is 0 Å². The monoisotopic (exact) mass is 291 g/mol. The molecule has 1 unspecified atom stereocenters. The molecule has 0 aliphatic heterocycles. The quantitative estimate of drug-likeness (QED) is 0.866. The smallest absolute Gasteiger partial charge is 0.141 e. The Labute approximate surface area is 124 Å². The zero-order valence-electron chi connectivity index (χ0n) is 11.7. The average Bonchev–Trinajstić information content (AvgIpc) is 2.40. The molecule has 0 spiro atoms. The van der Waals surface area contributed by atoms with Crippen molar-refractivity contribution in [3.8, 4) is 0 Å². The lowest BCUT2D eigenvalue weighted by atomic mass is 9.95. The molecule has 2 aromatic carbocycles. The largest absolute Gasteiger partial charge is 0.320 e. The van der Waals surface area contributed by atoms with E-state index in [9.17, 15) is 4.39 Å². The van der Waals surface area contributed by atoms with Crippen LogP contribution in [0.5, 0.6) is 0 Å². The Morgan fingerprint density at radius 2 is 1.80 bits per heavy atom. The molecule has 0 bridgehead atoms. The normalized spacial score (nSPS) is 12.7. The maximum atomic E-state index is 13.2. The van der Waals surface area contributed by atoms with Crippen LogP contribution >= 0.6 is 11.6 Å². The first kappa shape index (κ1) is 15.0. The fourth-order valence-electron chi connectivity index (χ4n) is 2.28. The van der Waals surface area contributed by atoms with Gasteiger partial charge in [-0.25, -0.2) is 4.39 Å². The van der Waals surface area contributed by atoms with Crippen molar-refractivity contribution in [3.63, 3.8) is 0 Å². The van der Waals surface area contributed by atoms with Crippen molar-refractivity contribution < 1.29 is 4.39 Å². The van der Waals surface area contributed by atoms with Gasteiger partial charge < -0.3 is 5.73 Å². The van der Waals surface area contributed by atoms with Crippen molar-refractivity contribution in [3.05, 3.63) is 70.0 Å². The Balaban J connectivity index is 2.28. The second-order valence-corrected chi connectivity index (χ2v) is 5.90. The molecule has 0 saturated heterocycles. The molecule has 0 aliphatic carbocycles. The van der Waals surface area contributed by atoms with Crippen LogP contribution in [0, 0.1) is 11.7 Å². The first-order valence-electron chi connectivity index (χ1n) is 6.76. The highest BCUT2D eigenvalue weighted by atomic mass is 35.5. The number of hydrogen-bond acceptors (Lipinski definition) is 1. The summed E-state index contributed by atoms with van der Waals surface area (Å²) in [6.45, 7) is 4.37. The van der Waals surface area contributed by atoms with Crippen molar-refractivity contribution in [1.29, 1.82) is 0 Å². The van der Waals surface area contributed by atoms with E-state index in [1.165, 1.54) is 11.6 Å². The van der Waals surface area contributed by atoms with Gasteiger partial charge >= 0.3 is 0 Å². The van der Waals surface area contributed by atoms with Crippen LogP contribution in [0.3, 0.4) is 0 Å². The summed E-state index contributed by atoms with van der Waals surface area (Å²) in [5.74, 6) is 0.179. The van der Waals surface area contributed by atoms with E-state index >= 15 is 0 Å². The van der Waals surface area contributed by atoms with Crippen molar-refractivity contribution in [2.75, 3.05) is 0 Å².